The van der Waals surface area contributed by atoms with Crippen LogP contribution in [0.2, 0.25) is 5.02 Å². The molecule has 152 valence electrons. The van der Waals surface area contributed by atoms with Gasteiger partial charge in [0, 0.05) is 22.7 Å². The number of hydrogen-bond donors (Lipinski definition) is 1. The first-order valence-electron chi connectivity index (χ1n) is 10.1. The molecule has 0 fully saturated rings. The second kappa shape index (κ2) is 8.62. The van der Waals surface area contributed by atoms with Gasteiger partial charge in [0.1, 0.15) is 18.1 Å². The molecule has 5 heteroatoms. The van der Waals surface area contributed by atoms with Crippen molar-refractivity contribution in [2.45, 2.75) is 13.0 Å². The third-order valence-corrected chi connectivity index (χ3v) is 5.31. The monoisotopic (exact) mass is 425 g/mol. The Kier molecular flexibility index (Phi) is 5.38. The van der Waals surface area contributed by atoms with Crippen molar-refractivity contribution in [1.29, 1.82) is 0 Å². The number of hydrogen-bond acceptors (Lipinski definition) is 3. The minimum absolute atomic E-state index is 0.502. The van der Waals surface area contributed by atoms with Gasteiger partial charge in [-0.15, -0.1) is 0 Å². The summed E-state index contributed by atoms with van der Waals surface area (Å²) in [7, 11) is 0. The number of ether oxygens (including phenoxy) is 1. The van der Waals surface area contributed by atoms with Crippen LogP contribution in [0.15, 0.2) is 91.0 Å². The van der Waals surface area contributed by atoms with E-state index >= 15 is 0 Å². The third-order valence-electron chi connectivity index (χ3n) is 5.07. The summed E-state index contributed by atoms with van der Waals surface area (Å²) in [6.07, 6.45) is 0.610. The van der Waals surface area contributed by atoms with Crippen molar-refractivity contribution in [1.82, 2.24) is 15.0 Å². The van der Waals surface area contributed by atoms with Gasteiger partial charge in [-0.05, 0) is 48.0 Å². The van der Waals surface area contributed by atoms with Crippen LogP contribution in [0.1, 0.15) is 16.8 Å². The molecule has 2 heterocycles. The van der Waals surface area contributed by atoms with Gasteiger partial charge in [0.15, 0.2) is 5.82 Å². The van der Waals surface area contributed by atoms with Crippen molar-refractivity contribution in [2.24, 2.45) is 0 Å². The molecule has 5 aromatic rings. The molecule has 0 aliphatic heterocycles. The Labute approximate surface area is 185 Å². The van der Waals surface area contributed by atoms with E-state index in [0.717, 1.165) is 45.1 Å². The number of fused-ring (bicyclic) bond motifs is 1. The molecule has 2 aromatic heterocycles. The zero-order chi connectivity index (χ0) is 21.0. The molecule has 5 rings (SSSR count). The second-order valence-corrected chi connectivity index (χ2v) is 7.76. The molecule has 0 amide bonds. The summed E-state index contributed by atoms with van der Waals surface area (Å²) in [5.74, 6) is 1.57. The average molecular weight is 426 g/mol. The number of pyridine rings is 1. The molecule has 0 unspecified atom stereocenters. The fourth-order valence-corrected chi connectivity index (χ4v) is 3.74. The van der Waals surface area contributed by atoms with E-state index in [4.69, 9.17) is 21.3 Å². The molecule has 0 saturated heterocycles. The maximum atomic E-state index is 6.28. The number of benzene rings is 3. The van der Waals surface area contributed by atoms with E-state index in [1.165, 1.54) is 0 Å². The highest BCUT2D eigenvalue weighted by atomic mass is 35.5. The van der Waals surface area contributed by atoms with Gasteiger partial charge in [-0.3, -0.25) is 0 Å². The van der Waals surface area contributed by atoms with Crippen LogP contribution in [-0.2, 0) is 13.0 Å². The first-order valence-corrected chi connectivity index (χ1v) is 10.5. The lowest BCUT2D eigenvalue weighted by Gasteiger charge is -2.12. The molecular weight excluding hydrogens is 406 g/mol. The van der Waals surface area contributed by atoms with Gasteiger partial charge < -0.3 is 9.72 Å². The highest BCUT2D eigenvalue weighted by Gasteiger charge is 2.11. The summed E-state index contributed by atoms with van der Waals surface area (Å²) >= 11 is 6.28. The zero-order valence-electron chi connectivity index (χ0n) is 16.8. The van der Waals surface area contributed by atoms with Gasteiger partial charge in [0.05, 0.1) is 11.0 Å². The Balaban J connectivity index is 1.40. The summed E-state index contributed by atoms with van der Waals surface area (Å²) in [6, 6.07) is 29.8. The van der Waals surface area contributed by atoms with Crippen molar-refractivity contribution >= 4 is 22.6 Å². The maximum absolute atomic E-state index is 6.28. The van der Waals surface area contributed by atoms with Crippen LogP contribution < -0.4 is 4.74 Å². The van der Waals surface area contributed by atoms with Crippen LogP contribution in [0, 0.1) is 0 Å². The number of aromatic amines is 1. The van der Waals surface area contributed by atoms with Crippen molar-refractivity contribution in [3.8, 4) is 17.3 Å². The van der Waals surface area contributed by atoms with Crippen LogP contribution in [0.25, 0.3) is 22.6 Å². The lowest BCUT2D eigenvalue weighted by atomic mass is 10.1. The highest BCUT2D eigenvalue weighted by molar-refractivity contribution is 6.30. The lowest BCUT2D eigenvalue weighted by Crippen LogP contribution is -2.01. The zero-order valence-corrected chi connectivity index (χ0v) is 17.5. The smallest absolute Gasteiger partial charge is 0.157 e. The predicted octanol–water partition coefficient (Wildman–Crippen LogP) is 6.45. The van der Waals surface area contributed by atoms with E-state index < -0.39 is 0 Å². The van der Waals surface area contributed by atoms with Crippen molar-refractivity contribution in [2.75, 3.05) is 0 Å². The van der Waals surface area contributed by atoms with Crippen molar-refractivity contribution in [3.05, 3.63) is 113 Å². The number of nitrogens with zero attached hydrogens (tertiary/aromatic N) is 2. The van der Waals surface area contributed by atoms with E-state index in [2.05, 4.69) is 9.97 Å². The molecule has 31 heavy (non-hydrogen) atoms. The molecule has 1 N–H and O–H groups in total. The van der Waals surface area contributed by atoms with Crippen molar-refractivity contribution in [3.63, 3.8) is 0 Å². The first kappa shape index (κ1) is 19.3. The first-order chi connectivity index (χ1) is 15.2. The van der Waals surface area contributed by atoms with E-state index in [9.17, 15) is 0 Å². The second-order valence-electron chi connectivity index (χ2n) is 7.32. The van der Waals surface area contributed by atoms with E-state index in [-0.39, 0.29) is 0 Å². The Hall–Kier alpha value is -3.63. The lowest BCUT2D eigenvalue weighted by molar-refractivity contribution is 0.303. The summed E-state index contributed by atoms with van der Waals surface area (Å²) in [5.41, 5.74) is 5.77. The highest BCUT2D eigenvalue weighted by Crippen LogP contribution is 2.27. The van der Waals surface area contributed by atoms with Gasteiger partial charge >= 0.3 is 0 Å². The number of imidazole rings is 1. The van der Waals surface area contributed by atoms with Crippen LogP contribution in [-0.4, -0.2) is 15.0 Å². The van der Waals surface area contributed by atoms with E-state index in [0.29, 0.717) is 18.1 Å². The minimum Gasteiger partial charge on any atom is -0.489 e. The number of H-pyrrole nitrogens is 1. The van der Waals surface area contributed by atoms with Crippen LogP contribution in [0.3, 0.4) is 0 Å². The quantitative estimate of drug-likeness (QED) is 0.340. The molecule has 0 spiro atoms. The van der Waals surface area contributed by atoms with Gasteiger partial charge in [-0.1, -0.05) is 60.1 Å². The Morgan fingerprint density at radius 1 is 0.806 bits per heavy atom. The Bertz CT molecular complexity index is 1300. The van der Waals surface area contributed by atoms with Crippen molar-refractivity contribution < 1.29 is 4.74 Å². The molecule has 0 aliphatic rings. The largest absolute Gasteiger partial charge is 0.489 e. The molecule has 0 radical (unpaired) electrons. The van der Waals surface area contributed by atoms with Gasteiger partial charge in [-0.25, -0.2) is 9.97 Å². The third kappa shape index (κ3) is 4.44. The normalized spacial score (nSPS) is 11.0. The summed E-state index contributed by atoms with van der Waals surface area (Å²) in [4.78, 5) is 12.8. The fraction of sp³-hybridized carbons (Fsp3) is 0.0769. The SMILES string of the molecule is Clc1ccc(OCc2ccccc2)c(Cc2cccc(-c3nc4ccccc4[nH]3)n2)c1. The number of nitrogens with one attached hydrogen (secondary N) is 1. The average Bonchev–Trinajstić information content (AvgIpc) is 3.24. The number of halogens is 1. The van der Waals surface area contributed by atoms with Crippen LogP contribution >= 0.6 is 11.6 Å². The van der Waals surface area contributed by atoms with Gasteiger partial charge in [0.25, 0.3) is 0 Å². The van der Waals surface area contributed by atoms with Crippen LogP contribution in [0.5, 0.6) is 5.75 Å². The van der Waals surface area contributed by atoms with Gasteiger partial charge in [0.2, 0.25) is 0 Å². The standard InChI is InChI=1S/C26H20ClN3O/c27-20-13-14-25(31-17-18-7-2-1-3-8-18)19(15-20)16-21-9-6-12-24(28-21)26-29-22-10-4-5-11-23(22)30-26/h1-15H,16-17H2,(H,29,30). The van der Waals surface area contributed by atoms with Gasteiger partial charge in [-0.2, -0.15) is 0 Å². The topological polar surface area (TPSA) is 50.8 Å². The maximum Gasteiger partial charge on any atom is 0.157 e. The fourth-order valence-electron chi connectivity index (χ4n) is 3.54. The molecular formula is C26H20ClN3O. The summed E-state index contributed by atoms with van der Waals surface area (Å²) in [5, 5.41) is 0.676. The molecule has 0 atom stereocenters. The molecule has 0 bridgehead atoms. The number of rotatable bonds is 6. The molecule has 0 aliphatic carbocycles. The molecule has 4 nitrogen and oxygen atoms in total. The summed E-state index contributed by atoms with van der Waals surface area (Å²) in [6.45, 7) is 0.502. The number of aromatic nitrogens is 3. The number of para-hydroxylation sites is 2. The van der Waals surface area contributed by atoms with E-state index in [1.54, 1.807) is 0 Å². The predicted molar refractivity (Wildman–Crippen MR) is 124 cm³/mol. The van der Waals surface area contributed by atoms with Crippen LogP contribution in [0.4, 0.5) is 0 Å². The Morgan fingerprint density at radius 3 is 2.52 bits per heavy atom. The molecule has 3 aromatic carbocycles. The summed E-state index contributed by atoms with van der Waals surface area (Å²) < 4.78 is 6.10. The molecule has 0 saturated carbocycles. The Morgan fingerprint density at radius 2 is 1.65 bits per heavy atom. The van der Waals surface area contributed by atoms with E-state index in [1.807, 2.05) is 91.0 Å². The minimum atomic E-state index is 0.502.